The van der Waals surface area contributed by atoms with Crippen molar-refractivity contribution in [2.24, 2.45) is 11.7 Å². The summed E-state index contributed by atoms with van der Waals surface area (Å²) < 4.78 is 0. The standard InChI is InChI=1S/C5H11NO2.N3/c1-3(2)4(6)5(7)8;1-3-2/h3-4H,6H2,1-2H3,(H,7,8);/q;-1. The third kappa shape index (κ3) is 8.74. The van der Waals surface area contributed by atoms with Crippen LogP contribution in [0.3, 0.4) is 0 Å². The smallest absolute Gasteiger partial charge is 0.320 e. The van der Waals surface area contributed by atoms with E-state index in [1.807, 2.05) is 0 Å². The van der Waals surface area contributed by atoms with Gasteiger partial charge in [-0.25, -0.2) is 0 Å². The normalized spacial score (nSPS) is 10.9. The van der Waals surface area contributed by atoms with Crippen molar-refractivity contribution in [3.05, 3.63) is 16.0 Å². The van der Waals surface area contributed by atoms with Gasteiger partial charge in [0.15, 0.2) is 0 Å². The SMILES string of the molecule is CC(C)C(N)C(=O)O.[N-]=[N+]=[N-]. The van der Waals surface area contributed by atoms with Gasteiger partial charge < -0.3 is 21.9 Å². The molecule has 0 rings (SSSR count). The van der Waals surface area contributed by atoms with Gasteiger partial charge in [0, 0.05) is 0 Å². The highest BCUT2D eigenvalue weighted by Crippen LogP contribution is 1.96. The minimum Gasteiger partial charge on any atom is -0.480 e. The summed E-state index contributed by atoms with van der Waals surface area (Å²) in [5, 5.41) is 8.23. The molecule has 0 aromatic carbocycles. The minimum atomic E-state index is -0.931. The molecule has 3 N–H and O–H groups in total. The van der Waals surface area contributed by atoms with Crippen LogP contribution >= 0.6 is 0 Å². The number of hydrogen-bond donors (Lipinski definition) is 2. The molecule has 0 aromatic rings. The molecule has 64 valence electrons. The van der Waals surface area contributed by atoms with Crippen LogP contribution in [0.5, 0.6) is 0 Å². The Hall–Kier alpha value is -1.26. The summed E-state index contributed by atoms with van der Waals surface area (Å²) in [5.74, 6) is -0.910. The summed E-state index contributed by atoms with van der Waals surface area (Å²) in [4.78, 5) is 11.5. The van der Waals surface area contributed by atoms with E-state index in [-0.39, 0.29) is 5.92 Å². The van der Waals surface area contributed by atoms with Gasteiger partial charge in [-0.1, -0.05) is 13.8 Å². The van der Waals surface area contributed by atoms with Crippen molar-refractivity contribution in [1.29, 1.82) is 0 Å². The van der Waals surface area contributed by atoms with E-state index in [0.717, 1.165) is 0 Å². The number of carboxylic acid groups (broad SMARTS) is 1. The zero-order valence-electron chi connectivity index (χ0n) is 6.43. The lowest BCUT2D eigenvalue weighted by Gasteiger charge is -2.07. The Bertz CT molecular complexity index is 151. The van der Waals surface area contributed by atoms with Crippen molar-refractivity contribution in [1.82, 2.24) is 0 Å². The first kappa shape index (κ1) is 12.4. The topological polar surface area (TPSA) is 122 Å². The molecule has 0 bridgehead atoms. The summed E-state index contributed by atoms with van der Waals surface area (Å²) in [6, 6.07) is -0.713. The molecule has 6 nitrogen and oxygen atoms in total. The number of hydrogen-bond acceptors (Lipinski definition) is 2. The van der Waals surface area contributed by atoms with Crippen molar-refractivity contribution in [3.63, 3.8) is 0 Å². The van der Waals surface area contributed by atoms with Crippen LogP contribution in [0, 0.1) is 5.92 Å². The van der Waals surface area contributed by atoms with E-state index in [1.165, 1.54) is 4.91 Å². The molecular weight excluding hydrogens is 148 g/mol. The monoisotopic (exact) mass is 159 g/mol. The average molecular weight is 159 g/mol. The molecule has 0 radical (unpaired) electrons. The Balaban J connectivity index is 0. The van der Waals surface area contributed by atoms with Gasteiger partial charge >= 0.3 is 5.97 Å². The van der Waals surface area contributed by atoms with E-state index in [9.17, 15) is 4.79 Å². The van der Waals surface area contributed by atoms with E-state index in [1.54, 1.807) is 13.8 Å². The summed E-state index contributed by atoms with van der Waals surface area (Å²) in [7, 11) is 0. The van der Waals surface area contributed by atoms with Crippen LogP contribution in [-0.2, 0) is 4.79 Å². The second-order valence-corrected chi connectivity index (χ2v) is 2.20. The molecule has 0 aromatic heterocycles. The molecule has 0 amide bonds. The van der Waals surface area contributed by atoms with Crippen molar-refractivity contribution in [2.75, 3.05) is 0 Å². The second-order valence-electron chi connectivity index (χ2n) is 2.20. The Morgan fingerprint density at radius 2 is 1.82 bits per heavy atom. The van der Waals surface area contributed by atoms with Crippen LogP contribution in [0.1, 0.15) is 13.8 Å². The van der Waals surface area contributed by atoms with Gasteiger partial charge in [0.25, 0.3) is 0 Å². The van der Waals surface area contributed by atoms with E-state index in [0.29, 0.717) is 0 Å². The van der Waals surface area contributed by atoms with Crippen molar-refractivity contribution in [2.45, 2.75) is 19.9 Å². The summed E-state index contributed by atoms with van der Waals surface area (Å²) in [5.41, 5.74) is 18.7. The molecule has 0 aliphatic rings. The fraction of sp³-hybridized carbons (Fsp3) is 0.800. The van der Waals surface area contributed by atoms with Gasteiger partial charge in [0.1, 0.15) is 6.04 Å². The predicted molar refractivity (Wildman–Crippen MR) is 40.5 cm³/mol. The first-order chi connectivity index (χ1) is 4.97. The number of nitrogens with two attached hydrogens (primary N) is 1. The van der Waals surface area contributed by atoms with E-state index in [4.69, 9.17) is 21.9 Å². The number of carbonyl (C=O) groups is 1. The third-order valence-corrected chi connectivity index (χ3v) is 1.00. The molecule has 0 spiro atoms. The number of carboxylic acids is 1. The number of aliphatic carboxylic acids is 1. The molecule has 0 heterocycles. The largest absolute Gasteiger partial charge is 0.480 e. The molecule has 0 fully saturated rings. The Kier molecular flexibility index (Phi) is 7.74. The zero-order chi connectivity index (χ0) is 9.44. The van der Waals surface area contributed by atoms with E-state index >= 15 is 0 Å². The summed E-state index contributed by atoms with van der Waals surface area (Å²) in [6.07, 6.45) is 0. The molecule has 0 saturated carbocycles. The highest BCUT2D eigenvalue weighted by molar-refractivity contribution is 5.73. The van der Waals surface area contributed by atoms with Crippen molar-refractivity contribution >= 4 is 5.97 Å². The Morgan fingerprint density at radius 3 is 1.82 bits per heavy atom. The summed E-state index contributed by atoms with van der Waals surface area (Å²) in [6.45, 7) is 3.55. The van der Waals surface area contributed by atoms with Crippen LogP contribution in [0.15, 0.2) is 0 Å². The van der Waals surface area contributed by atoms with Gasteiger partial charge in [0.2, 0.25) is 0 Å². The zero-order valence-corrected chi connectivity index (χ0v) is 6.43. The van der Waals surface area contributed by atoms with Gasteiger partial charge in [0.05, 0.1) is 0 Å². The van der Waals surface area contributed by atoms with Crippen LogP contribution in [0.4, 0.5) is 0 Å². The minimum absolute atomic E-state index is 0.0208. The predicted octanol–water partition coefficient (Wildman–Crippen LogP) is 0.920. The quantitative estimate of drug-likeness (QED) is 0.353. The van der Waals surface area contributed by atoms with Crippen LogP contribution in [0.2, 0.25) is 0 Å². The van der Waals surface area contributed by atoms with Crippen molar-refractivity contribution < 1.29 is 9.90 Å². The molecule has 0 aliphatic carbocycles. The lowest BCUT2D eigenvalue weighted by Crippen LogP contribution is -2.34. The van der Waals surface area contributed by atoms with Gasteiger partial charge in [-0.2, -0.15) is 0 Å². The Morgan fingerprint density at radius 1 is 1.55 bits per heavy atom. The second kappa shape index (κ2) is 6.85. The summed E-state index contributed by atoms with van der Waals surface area (Å²) >= 11 is 0. The third-order valence-electron chi connectivity index (χ3n) is 1.00. The van der Waals surface area contributed by atoms with Crippen LogP contribution in [-0.4, -0.2) is 17.1 Å². The van der Waals surface area contributed by atoms with Gasteiger partial charge in [-0.3, -0.25) is 9.71 Å². The highest BCUT2D eigenvalue weighted by Gasteiger charge is 2.14. The Labute approximate surface area is 64.4 Å². The molecule has 1 unspecified atom stereocenters. The highest BCUT2D eigenvalue weighted by atomic mass is 16.4. The van der Waals surface area contributed by atoms with Gasteiger partial charge in [-0.15, -0.1) is 0 Å². The average Bonchev–Trinajstić information content (AvgIpc) is 1.87. The number of rotatable bonds is 2. The maximum atomic E-state index is 10.0. The number of nitrogens with zero attached hydrogens (tertiary/aromatic N) is 3. The maximum Gasteiger partial charge on any atom is 0.320 e. The fourth-order valence-electron chi connectivity index (χ4n) is 0.285. The molecule has 11 heavy (non-hydrogen) atoms. The lowest BCUT2D eigenvalue weighted by molar-refractivity contribution is -0.139. The first-order valence-corrected chi connectivity index (χ1v) is 2.94. The van der Waals surface area contributed by atoms with Crippen molar-refractivity contribution in [3.8, 4) is 0 Å². The van der Waals surface area contributed by atoms with Crippen LogP contribution in [0.25, 0.3) is 16.0 Å². The van der Waals surface area contributed by atoms with E-state index in [2.05, 4.69) is 0 Å². The van der Waals surface area contributed by atoms with Crippen LogP contribution < -0.4 is 5.73 Å². The van der Waals surface area contributed by atoms with Gasteiger partial charge in [-0.05, 0) is 5.92 Å². The molecule has 0 saturated heterocycles. The first-order valence-electron chi connectivity index (χ1n) is 2.94. The maximum absolute atomic E-state index is 10.0. The van der Waals surface area contributed by atoms with E-state index < -0.39 is 12.0 Å². The lowest BCUT2D eigenvalue weighted by atomic mass is 10.1. The fourth-order valence-corrected chi connectivity index (χ4v) is 0.285. The molecule has 0 aliphatic heterocycles. The molecule has 1 atom stereocenters. The molecule has 6 heteroatoms. The molecular formula is C5H11N4O2-.